The van der Waals surface area contributed by atoms with Gasteiger partial charge in [-0.05, 0) is 19.8 Å². The van der Waals surface area contributed by atoms with E-state index >= 15 is 0 Å². The highest BCUT2D eigenvalue weighted by Gasteiger charge is 2.28. The van der Waals surface area contributed by atoms with Gasteiger partial charge >= 0.3 is 0 Å². The fraction of sp³-hybridized carbons (Fsp3) is 0.615. The maximum absolute atomic E-state index is 11.5. The number of rotatable bonds is 5. The zero-order valence-electron chi connectivity index (χ0n) is 11.9. The number of likely N-dealkylation sites (N-methyl/N-ethyl adjacent to an activating group) is 2. The number of amides is 1. The van der Waals surface area contributed by atoms with Crippen LogP contribution >= 0.6 is 0 Å². The third-order valence-corrected chi connectivity index (χ3v) is 3.34. The lowest BCUT2D eigenvalue weighted by Crippen LogP contribution is -2.34. The molecule has 1 saturated carbocycles. The number of anilines is 2. The Morgan fingerprint density at radius 2 is 2.05 bits per heavy atom. The average Bonchev–Trinajstić information content (AvgIpc) is 3.23. The van der Waals surface area contributed by atoms with E-state index in [4.69, 9.17) is 0 Å². The highest BCUT2D eigenvalue weighted by molar-refractivity contribution is 5.81. The van der Waals surface area contributed by atoms with Gasteiger partial charge in [-0.15, -0.1) is 0 Å². The summed E-state index contributed by atoms with van der Waals surface area (Å²) in [6, 6.07) is 0. The third kappa shape index (κ3) is 2.94. The Bertz CT molecular complexity index is 484. The van der Waals surface area contributed by atoms with Gasteiger partial charge in [0.05, 0.1) is 6.54 Å². The summed E-state index contributed by atoms with van der Waals surface area (Å²) in [7, 11) is 5.37. The molecule has 1 aromatic heterocycles. The van der Waals surface area contributed by atoms with Crippen LogP contribution < -0.4 is 15.5 Å². The molecule has 1 aromatic rings. The first kappa shape index (κ1) is 13.6. The highest BCUT2D eigenvalue weighted by atomic mass is 16.1. The Labute approximate surface area is 113 Å². The Morgan fingerprint density at radius 1 is 1.37 bits per heavy atom. The fourth-order valence-electron chi connectivity index (χ4n) is 2.03. The van der Waals surface area contributed by atoms with Crippen LogP contribution in [0, 0.1) is 6.92 Å². The summed E-state index contributed by atoms with van der Waals surface area (Å²) < 4.78 is 0. The van der Waals surface area contributed by atoms with Gasteiger partial charge in [0.2, 0.25) is 5.91 Å². The molecular formula is C13H21N5O. The van der Waals surface area contributed by atoms with Gasteiger partial charge in [-0.3, -0.25) is 4.79 Å². The summed E-state index contributed by atoms with van der Waals surface area (Å²) in [5, 5.41) is 5.73. The normalized spacial score (nSPS) is 14.1. The van der Waals surface area contributed by atoms with Crippen LogP contribution in [0.2, 0.25) is 0 Å². The van der Waals surface area contributed by atoms with E-state index in [9.17, 15) is 4.79 Å². The second kappa shape index (κ2) is 5.42. The van der Waals surface area contributed by atoms with E-state index in [1.807, 2.05) is 25.9 Å². The number of nitrogens with zero attached hydrogens (tertiary/aromatic N) is 3. The smallest absolute Gasteiger partial charge is 0.239 e. The van der Waals surface area contributed by atoms with E-state index in [-0.39, 0.29) is 5.91 Å². The van der Waals surface area contributed by atoms with Crippen molar-refractivity contribution in [2.75, 3.05) is 37.9 Å². The SMILES string of the molecule is CNC(=O)CN(C)c1nc(C2CC2)nc(NC)c1C. The van der Waals surface area contributed by atoms with Gasteiger partial charge in [0.1, 0.15) is 17.5 Å². The number of hydrogen-bond donors (Lipinski definition) is 2. The van der Waals surface area contributed by atoms with Crippen LogP contribution in [0.4, 0.5) is 11.6 Å². The summed E-state index contributed by atoms with van der Waals surface area (Å²) in [5.41, 5.74) is 0.971. The number of aromatic nitrogens is 2. The molecule has 0 bridgehead atoms. The lowest BCUT2D eigenvalue weighted by molar-refractivity contribution is -0.119. The van der Waals surface area contributed by atoms with Gasteiger partial charge in [-0.2, -0.15) is 0 Å². The van der Waals surface area contributed by atoms with Crippen molar-refractivity contribution >= 4 is 17.5 Å². The van der Waals surface area contributed by atoms with Crippen molar-refractivity contribution in [3.05, 3.63) is 11.4 Å². The van der Waals surface area contributed by atoms with Gasteiger partial charge < -0.3 is 15.5 Å². The van der Waals surface area contributed by atoms with Gasteiger partial charge in [0, 0.05) is 32.6 Å². The zero-order valence-corrected chi connectivity index (χ0v) is 11.9. The van der Waals surface area contributed by atoms with Crippen LogP contribution in [0.5, 0.6) is 0 Å². The first-order chi connectivity index (χ1) is 9.06. The molecule has 0 radical (unpaired) electrons. The molecule has 0 aromatic carbocycles. The van der Waals surface area contributed by atoms with E-state index < -0.39 is 0 Å². The third-order valence-electron chi connectivity index (χ3n) is 3.34. The van der Waals surface area contributed by atoms with Gasteiger partial charge in [0.25, 0.3) is 0 Å². The molecule has 6 heteroatoms. The molecule has 2 N–H and O–H groups in total. The Hall–Kier alpha value is -1.85. The Kier molecular flexibility index (Phi) is 3.87. The monoisotopic (exact) mass is 263 g/mol. The van der Waals surface area contributed by atoms with Crippen molar-refractivity contribution < 1.29 is 4.79 Å². The lowest BCUT2D eigenvalue weighted by Gasteiger charge is -2.21. The molecule has 1 heterocycles. The highest BCUT2D eigenvalue weighted by Crippen LogP contribution is 2.39. The van der Waals surface area contributed by atoms with Crippen LogP contribution in [-0.2, 0) is 4.79 Å². The van der Waals surface area contributed by atoms with Gasteiger partial charge in [0.15, 0.2) is 0 Å². The summed E-state index contributed by atoms with van der Waals surface area (Å²) in [6.07, 6.45) is 2.32. The summed E-state index contributed by atoms with van der Waals surface area (Å²) in [6.45, 7) is 2.26. The molecule has 19 heavy (non-hydrogen) atoms. The topological polar surface area (TPSA) is 70.2 Å². The number of nitrogens with one attached hydrogen (secondary N) is 2. The van der Waals surface area contributed by atoms with Crippen molar-refractivity contribution in [1.29, 1.82) is 0 Å². The van der Waals surface area contributed by atoms with Crippen molar-refractivity contribution in [2.45, 2.75) is 25.7 Å². The quantitative estimate of drug-likeness (QED) is 0.825. The van der Waals surface area contributed by atoms with E-state index in [0.29, 0.717) is 12.5 Å². The molecule has 1 aliphatic rings. The second-order valence-electron chi connectivity index (χ2n) is 4.93. The molecule has 0 atom stereocenters. The summed E-state index contributed by atoms with van der Waals surface area (Å²) in [5.74, 6) is 3.01. The Balaban J connectivity index is 2.31. The van der Waals surface area contributed by atoms with Crippen LogP contribution in [0.1, 0.15) is 30.1 Å². The molecule has 1 fully saturated rings. The number of hydrogen-bond acceptors (Lipinski definition) is 5. The van der Waals surface area contributed by atoms with Crippen LogP contribution in [0.3, 0.4) is 0 Å². The van der Waals surface area contributed by atoms with Crippen molar-refractivity contribution in [1.82, 2.24) is 15.3 Å². The molecule has 0 unspecified atom stereocenters. The van der Waals surface area contributed by atoms with Crippen molar-refractivity contribution in [3.8, 4) is 0 Å². The molecule has 0 saturated heterocycles. The van der Waals surface area contributed by atoms with Gasteiger partial charge in [-0.1, -0.05) is 0 Å². The van der Waals surface area contributed by atoms with E-state index in [2.05, 4.69) is 20.6 Å². The van der Waals surface area contributed by atoms with Gasteiger partial charge in [-0.25, -0.2) is 9.97 Å². The molecule has 6 nitrogen and oxygen atoms in total. The molecule has 0 aliphatic heterocycles. The second-order valence-corrected chi connectivity index (χ2v) is 4.93. The summed E-state index contributed by atoms with van der Waals surface area (Å²) in [4.78, 5) is 22.5. The molecule has 1 aliphatic carbocycles. The van der Waals surface area contributed by atoms with E-state index in [1.165, 1.54) is 0 Å². The van der Waals surface area contributed by atoms with E-state index in [1.54, 1.807) is 7.05 Å². The van der Waals surface area contributed by atoms with Crippen molar-refractivity contribution in [3.63, 3.8) is 0 Å². The lowest BCUT2D eigenvalue weighted by atomic mass is 10.2. The Morgan fingerprint density at radius 3 is 2.58 bits per heavy atom. The van der Waals surface area contributed by atoms with Crippen molar-refractivity contribution in [2.24, 2.45) is 0 Å². The maximum Gasteiger partial charge on any atom is 0.239 e. The largest absolute Gasteiger partial charge is 0.373 e. The van der Waals surface area contributed by atoms with Crippen LogP contribution in [0.15, 0.2) is 0 Å². The molecule has 2 rings (SSSR count). The predicted molar refractivity (Wildman–Crippen MR) is 75.6 cm³/mol. The minimum Gasteiger partial charge on any atom is -0.373 e. The number of carbonyl (C=O) groups excluding carboxylic acids is 1. The average molecular weight is 263 g/mol. The summed E-state index contributed by atoms with van der Waals surface area (Å²) >= 11 is 0. The first-order valence-electron chi connectivity index (χ1n) is 6.54. The van der Waals surface area contributed by atoms with Crippen LogP contribution in [0.25, 0.3) is 0 Å². The number of carbonyl (C=O) groups is 1. The standard InChI is InChI=1S/C13H21N5O/c1-8-11(15-3)16-12(9-5-6-9)17-13(8)18(4)7-10(19)14-2/h9H,5-7H2,1-4H3,(H,14,19)(H,15,16,17). The zero-order chi connectivity index (χ0) is 14.0. The molecule has 1 amide bonds. The molecular weight excluding hydrogens is 242 g/mol. The predicted octanol–water partition coefficient (Wildman–Crippen LogP) is 0.886. The first-order valence-corrected chi connectivity index (χ1v) is 6.54. The maximum atomic E-state index is 11.5. The fourth-order valence-corrected chi connectivity index (χ4v) is 2.03. The minimum atomic E-state index is -0.0282. The minimum absolute atomic E-state index is 0.0282. The van der Waals surface area contributed by atoms with E-state index in [0.717, 1.165) is 35.9 Å². The molecule has 0 spiro atoms. The molecule has 104 valence electrons. The van der Waals surface area contributed by atoms with Crippen LogP contribution in [-0.4, -0.2) is 43.6 Å².